The maximum Gasteiger partial charge on any atom is 0.336 e. The minimum absolute atomic E-state index is 0.186. The number of halogens is 1. The molecule has 0 spiro atoms. The van der Waals surface area contributed by atoms with Crippen molar-refractivity contribution in [2.45, 2.75) is 0 Å². The predicted molar refractivity (Wildman–Crippen MR) is 117 cm³/mol. The number of phenolic OH excluding ortho intramolecular Hbond substituents is 1. The lowest BCUT2D eigenvalue weighted by atomic mass is 10.2. The van der Waals surface area contributed by atoms with Gasteiger partial charge in [-0.25, -0.2) is 4.79 Å². The highest BCUT2D eigenvalue weighted by atomic mass is 79.9. The van der Waals surface area contributed by atoms with Crippen LogP contribution in [0.5, 0.6) is 17.2 Å². The van der Waals surface area contributed by atoms with Gasteiger partial charge in [0, 0.05) is 16.8 Å². The van der Waals surface area contributed by atoms with Crippen LogP contribution in [0, 0.1) is 0 Å². The smallest absolute Gasteiger partial charge is 0.336 e. The number of aromatic hydroxyl groups is 1. The molecule has 3 aromatic carbocycles. The van der Waals surface area contributed by atoms with Gasteiger partial charge in [-0.2, -0.15) is 0 Å². The van der Waals surface area contributed by atoms with Gasteiger partial charge in [-0.1, -0.05) is 28.1 Å². The molecule has 0 saturated carbocycles. The van der Waals surface area contributed by atoms with Crippen molar-refractivity contribution < 1.29 is 19.4 Å². The number of carbonyl (C=O) groups excluding carboxylic acids is 1. The lowest BCUT2D eigenvalue weighted by Gasteiger charge is -2.08. The van der Waals surface area contributed by atoms with Crippen molar-refractivity contribution in [1.29, 1.82) is 0 Å². The van der Waals surface area contributed by atoms with Crippen LogP contribution in [0.4, 0.5) is 5.69 Å². The summed E-state index contributed by atoms with van der Waals surface area (Å²) in [5, 5.41) is 9.31. The van der Waals surface area contributed by atoms with Gasteiger partial charge in [-0.15, -0.1) is 0 Å². The van der Waals surface area contributed by atoms with E-state index in [9.17, 15) is 9.90 Å². The van der Waals surface area contributed by atoms with Crippen molar-refractivity contribution in [3.05, 3.63) is 88.4 Å². The quantitative estimate of drug-likeness (QED) is 0.231. The fraction of sp³-hybridized carbons (Fsp3) is 0.0435. The Labute approximate surface area is 177 Å². The van der Waals surface area contributed by atoms with Crippen LogP contribution in [-0.2, 0) is 4.79 Å². The van der Waals surface area contributed by atoms with Gasteiger partial charge < -0.3 is 14.6 Å². The number of hydrogen-bond acceptors (Lipinski definition) is 5. The molecule has 0 atom stereocenters. The standard InChI is InChI=1S/C23H18BrNO4/c1-28-22-14-17(15-25-19-7-9-20(26)10-8-19)5-11-21(22)29-23(27)12-6-16-3-2-4-18(24)13-16/h2-15,26H,1H3. The normalized spacial score (nSPS) is 11.1. The molecule has 0 radical (unpaired) electrons. The van der Waals surface area contributed by atoms with E-state index in [1.54, 1.807) is 54.8 Å². The maximum absolute atomic E-state index is 12.1. The van der Waals surface area contributed by atoms with E-state index in [0.29, 0.717) is 17.2 Å². The summed E-state index contributed by atoms with van der Waals surface area (Å²) in [6.45, 7) is 0. The number of aliphatic imine (C=N–C) groups is 1. The van der Waals surface area contributed by atoms with E-state index >= 15 is 0 Å². The molecule has 0 aliphatic heterocycles. The van der Waals surface area contributed by atoms with Crippen molar-refractivity contribution in [1.82, 2.24) is 0 Å². The van der Waals surface area contributed by atoms with Crippen molar-refractivity contribution in [3.8, 4) is 17.2 Å². The minimum Gasteiger partial charge on any atom is -0.508 e. The molecule has 3 aromatic rings. The molecule has 29 heavy (non-hydrogen) atoms. The summed E-state index contributed by atoms with van der Waals surface area (Å²) in [7, 11) is 1.50. The van der Waals surface area contributed by atoms with E-state index in [1.807, 2.05) is 24.3 Å². The molecule has 6 heteroatoms. The molecule has 0 amide bonds. The molecule has 0 saturated heterocycles. The zero-order valence-electron chi connectivity index (χ0n) is 15.6. The molecule has 1 N–H and O–H groups in total. The third-order valence-corrected chi connectivity index (χ3v) is 4.36. The first-order chi connectivity index (χ1) is 14.0. The van der Waals surface area contributed by atoms with E-state index < -0.39 is 5.97 Å². The molecule has 0 unspecified atom stereocenters. The van der Waals surface area contributed by atoms with Crippen LogP contribution in [0.2, 0.25) is 0 Å². The molecule has 3 rings (SSSR count). The number of nitrogens with zero attached hydrogens (tertiary/aromatic N) is 1. The van der Waals surface area contributed by atoms with Crippen molar-refractivity contribution in [2.24, 2.45) is 4.99 Å². The third kappa shape index (κ3) is 6.05. The van der Waals surface area contributed by atoms with Crippen molar-refractivity contribution >= 4 is 39.9 Å². The first kappa shape index (κ1) is 20.4. The van der Waals surface area contributed by atoms with Gasteiger partial charge in [0.25, 0.3) is 0 Å². The molecule has 0 bridgehead atoms. The van der Waals surface area contributed by atoms with E-state index in [4.69, 9.17) is 9.47 Å². The van der Waals surface area contributed by atoms with Gasteiger partial charge in [-0.3, -0.25) is 4.99 Å². The number of esters is 1. The summed E-state index contributed by atoms with van der Waals surface area (Å²) in [6, 6.07) is 19.3. The molecular weight excluding hydrogens is 434 g/mol. The molecule has 0 fully saturated rings. The van der Waals surface area contributed by atoms with Crippen LogP contribution in [-0.4, -0.2) is 24.4 Å². The van der Waals surface area contributed by atoms with Gasteiger partial charge in [0.1, 0.15) is 5.75 Å². The topological polar surface area (TPSA) is 68.1 Å². The van der Waals surface area contributed by atoms with E-state index in [1.165, 1.54) is 13.2 Å². The molecule has 0 aromatic heterocycles. The van der Waals surface area contributed by atoms with Gasteiger partial charge >= 0.3 is 5.97 Å². The Balaban J connectivity index is 1.69. The van der Waals surface area contributed by atoms with Gasteiger partial charge in [0.2, 0.25) is 0 Å². The Morgan fingerprint density at radius 1 is 1.00 bits per heavy atom. The van der Waals surface area contributed by atoms with Crippen LogP contribution in [0.3, 0.4) is 0 Å². The lowest BCUT2D eigenvalue weighted by molar-refractivity contribution is -0.129. The Hall–Kier alpha value is -3.38. The Kier molecular flexibility index (Phi) is 6.81. The second kappa shape index (κ2) is 9.71. The Morgan fingerprint density at radius 3 is 2.52 bits per heavy atom. The first-order valence-electron chi connectivity index (χ1n) is 8.70. The van der Waals surface area contributed by atoms with Crippen LogP contribution in [0.25, 0.3) is 6.08 Å². The summed E-state index contributed by atoms with van der Waals surface area (Å²) in [5.41, 5.74) is 2.36. The van der Waals surface area contributed by atoms with Crippen LogP contribution in [0.1, 0.15) is 11.1 Å². The number of phenols is 1. The first-order valence-corrected chi connectivity index (χ1v) is 9.49. The summed E-state index contributed by atoms with van der Waals surface area (Å²) in [4.78, 5) is 16.5. The largest absolute Gasteiger partial charge is 0.508 e. The molecule has 0 aliphatic rings. The van der Waals surface area contributed by atoms with E-state index in [2.05, 4.69) is 20.9 Å². The zero-order chi connectivity index (χ0) is 20.6. The van der Waals surface area contributed by atoms with Crippen molar-refractivity contribution in [3.63, 3.8) is 0 Å². The Bertz CT molecular complexity index is 1060. The zero-order valence-corrected chi connectivity index (χ0v) is 17.2. The SMILES string of the molecule is COc1cc(C=Nc2ccc(O)cc2)ccc1OC(=O)C=Cc1cccc(Br)c1. The second-order valence-corrected chi connectivity index (χ2v) is 6.91. The van der Waals surface area contributed by atoms with E-state index in [-0.39, 0.29) is 5.75 Å². The van der Waals surface area contributed by atoms with Crippen LogP contribution in [0.15, 0.2) is 82.3 Å². The number of rotatable bonds is 6. The van der Waals surface area contributed by atoms with Gasteiger partial charge in [0.15, 0.2) is 11.5 Å². The molecule has 146 valence electrons. The summed E-state index contributed by atoms with van der Waals surface area (Å²) in [6.07, 6.45) is 4.70. The number of methoxy groups -OCH3 is 1. The van der Waals surface area contributed by atoms with Crippen LogP contribution >= 0.6 is 15.9 Å². The average molecular weight is 452 g/mol. The monoisotopic (exact) mass is 451 g/mol. The fourth-order valence-corrected chi connectivity index (χ4v) is 2.87. The summed E-state index contributed by atoms with van der Waals surface area (Å²) >= 11 is 3.39. The highest BCUT2D eigenvalue weighted by Crippen LogP contribution is 2.28. The highest BCUT2D eigenvalue weighted by molar-refractivity contribution is 9.10. The molecular formula is C23H18BrNO4. The number of ether oxygens (including phenoxy) is 2. The number of benzene rings is 3. The van der Waals surface area contributed by atoms with E-state index in [0.717, 1.165) is 15.6 Å². The van der Waals surface area contributed by atoms with Crippen molar-refractivity contribution in [2.75, 3.05) is 7.11 Å². The minimum atomic E-state index is -0.506. The summed E-state index contributed by atoms with van der Waals surface area (Å²) < 4.78 is 11.6. The average Bonchev–Trinajstić information content (AvgIpc) is 2.72. The number of hydrogen-bond donors (Lipinski definition) is 1. The maximum atomic E-state index is 12.1. The molecule has 5 nitrogen and oxygen atoms in total. The third-order valence-electron chi connectivity index (χ3n) is 3.87. The highest BCUT2D eigenvalue weighted by Gasteiger charge is 2.08. The van der Waals surface area contributed by atoms with Gasteiger partial charge in [0.05, 0.1) is 12.8 Å². The Morgan fingerprint density at radius 2 is 1.79 bits per heavy atom. The fourth-order valence-electron chi connectivity index (χ4n) is 2.45. The van der Waals surface area contributed by atoms with Crippen LogP contribution < -0.4 is 9.47 Å². The lowest BCUT2D eigenvalue weighted by Crippen LogP contribution is -2.05. The second-order valence-electron chi connectivity index (χ2n) is 5.99. The predicted octanol–water partition coefficient (Wildman–Crippen LogP) is 5.53. The molecule has 0 aliphatic carbocycles. The van der Waals surface area contributed by atoms with Gasteiger partial charge in [-0.05, 0) is 71.8 Å². The summed E-state index contributed by atoms with van der Waals surface area (Å²) in [5.74, 6) is 0.418. The number of carbonyl (C=O) groups is 1. The molecule has 0 heterocycles.